The van der Waals surface area contributed by atoms with E-state index in [-0.39, 0.29) is 17.4 Å². The molecule has 1 aliphatic heterocycles. The lowest BCUT2D eigenvalue weighted by Crippen LogP contribution is -2.29. The van der Waals surface area contributed by atoms with E-state index in [0.29, 0.717) is 23.4 Å². The first-order valence-electron chi connectivity index (χ1n) is 8.81. The molecule has 0 saturated carbocycles. The molecule has 0 fully saturated rings. The maximum absolute atomic E-state index is 12.8. The molecule has 28 heavy (non-hydrogen) atoms. The van der Waals surface area contributed by atoms with E-state index in [4.69, 9.17) is 0 Å². The molecule has 1 aromatic heterocycles. The van der Waals surface area contributed by atoms with Gasteiger partial charge in [-0.1, -0.05) is 17.7 Å². The highest BCUT2D eigenvalue weighted by Gasteiger charge is 2.37. The fraction of sp³-hybridized carbons (Fsp3) is 0.0909. The molecular formula is C22H17N3O3. The molecule has 0 aliphatic carbocycles. The fourth-order valence-corrected chi connectivity index (χ4v) is 3.10. The Morgan fingerprint density at radius 1 is 0.929 bits per heavy atom. The SMILES string of the molecule is Cc1ccc(N2C(=O)c3ccc(C(=O)NCc4ccncc4)cc3C2=O)cc1. The number of benzene rings is 2. The monoisotopic (exact) mass is 371 g/mol. The van der Waals surface area contributed by atoms with Gasteiger partial charge in [-0.05, 0) is 55.0 Å². The molecule has 4 rings (SSSR count). The van der Waals surface area contributed by atoms with Gasteiger partial charge in [0.05, 0.1) is 16.8 Å². The maximum Gasteiger partial charge on any atom is 0.266 e. The lowest BCUT2D eigenvalue weighted by molar-refractivity contribution is 0.0923. The molecule has 0 saturated heterocycles. The highest BCUT2D eigenvalue weighted by Crippen LogP contribution is 2.29. The fourth-order valence-electron chi connectivity index (χ4n) is 3.10. The predicted octanol–water partition coefficient (Wildman–Crippen LogP) is 3.12. The lowest BCUT2D eigenvalue weighted by Gasteiger charge is -2.13. The number of pyridine rings is 1. The van der Waals surface area contributed by atoms with Crippen LogP contribution in [0, 0.1) is 6.92 Å². The predicted molar refractivity (Wildman–Crippen MR) is 104 cm³/mol. The van der Waals surface area contributed by atoms with Crippen LogP contribution in [0.2, 0.25) is 0 Å². The maximum atomic E-state index is 12.8. The molecule has 6 heteroatoms. The number of aryl methyl sites for hydroxylation is 1. The van der Waals surface area contributed by atoms with Gasteiger partial charge in [-0.2, -0.15) is 0 Å². The van der Waals surface area contributed by atoms with E-state index in [9.17, 15) is 14.4 Å². The van der Waals surface area contributed by atoms with Crippen molar-refractivity contribution >= 4 is 23.4 Å². The van der Waals surface area contributed by atoms with E-state index < -0.39 is 5.91 Å². The highest BCUT2D eigenvalue weighted by atomic mass is 16.2. The molecular weight excluding hydrogens is 354 g/mol. The first kappa shape index (κ1) is 17.6. The number of amides is 3. The summed E-state index contributed by atoms with van der Waals surface area (Å²) < 4.78 is 0. The molecule has 1 N–H and O–H groups in total. The Bertz CT molecular complexity index is 1080. The van der Waals surface area contributed by atoms with Crippen molar-refractivity contribution in [1.29, 1.82) is 0 Å². The van der Waals surface area contributed by atoms with Gasteiger partial charge < -0.3 is 5.32 Å². The van der Waals surface area contributed by atoms with Gasteiger partial charge in [-0.25, -0.2) is 4.90 Å². The zero-order valence-electron chi connectivity index (χ0n) is 15.2. The van der Waals surface area contributed by atoms with Gasteiger partial charge in [0.2, 0.25) is 0 Å². The first-order valence-corrected chi connectivity index (χ1v) is 8.81. The summed E-state index contributed by atoms with van der Waals surface area (Å²) in [5.74, 6) is -1.12. The number of aromatic nitrogens is 1. The molecule has 2 heterocycles. The van der Waals surface area contributed by atoms with Crippen LogP contribution in [-0.4, -0.2) is 22.7 Å². The number of hydrogen-bond donors (Lipinski definition) is 1. The number of hydrogen-bond acceptors (Lipinski definition) is 4. The van der Waals surface area contributed by atoms with E-state index in [1.165, 1.54) is 12.1 Å². The number of anilines is 1. The van der Waals surface area contributed by atoms with Gasteiger partial charge in [-0.3, -0.25) is 19.4 Å². The highest BCUT2D eigenvalue weighted by molar-refractivity contribution is 6.34. The number of carbonyl (C=O) groups is 3. The Kier molecular flexibility index (Phi) is 4.45. The Morgan fingerprint density at radius 2 is 1.61 bits per heavy atom. The van der Waals surface area contributed by atoms with E-state index in [1.807, 2.05) is 31.2 Å². The molecule has 0 atom stereocenters. The van der Waals surface area contributed by atoms with Crippen molar-refractivity contribution in [1.82, 2.24) is 10.3 Å². The van der Waals surface area contributed by atoms with Gasteiger partial charge in [0.25, 0.3) is 17.7 Å². The van der Waals surface area contributed by atoms with Crippen LogP contribution in [0.1, 0.15) is 42.2 Å². The summed E-state index contributed by atoms with van der Waals surface area (Å²) in [6.07, 6.45) is 3.31. The molecule has 138 valence electrons. The molecule has 0 spiro atoms. The van der Waals surface area contributed by atoms with Crippen LogP contribution in [0.5, 0.6) is 0 Å². The quantitative estimate of drug-likeness (QED) is 0.715. The molecule has 2 aromatic carbocycles. The van der Waals surface area contributed by atoms with Gasteiger partial charge in [0.1, 0.15) is 0 Å². The normalized spacial score (nSPS) is 12.8. The third kappa shape index (κ3) is 3.16. The van der Waals surface area contributed by atoms with Crippen LogP contribution in [0.25, 0.3) is 0 Å². The minimum Gasteiger partial charge on any atom is -0.348 e. The zero-order chi connectivity index (χ0) is 19.7. The summed E-state index contributed by atoms with van der Waals surface area (Å²) in [5, 5.41) is 2.81. The lowest BCUT2D eigenvalue weighted by atomic mass is 10.1. The van der Waals surface area contributed by atoms with E-state index in [0.717, 1.165) is 16.0 Å². The van der Waals surface area contributed by atoms with Crippen LogP contribution in [0.4, 0.5) is 5.69 Å². The van der Waals surface area contributed by atoms with Crippen molar-refractivity contribution in [3.05, 3.63) is 94.8 Å². The standard InChI is InChI=1S/C22H17N3O3/c1-14-2-5-17(6-3-14)25-21(27)18-7-4-16(12-19(18)22(25)28)20(26)24-13-15-8-10-23-11-9-15/h2-12H,13H2,1H3,(H,24,26). The third-order valence-electron chi connectivity index (χ3n) is 4.64. The van der Waals surface area contributed by atoms with Gasteiger partial charge in [0.15, 0.2) is 0 Å². The molecule has 3 aromatic rings. The number of nitrogens with one attached hydrogen (secondary N) is 1. The number of nitrogens with zero attached hydrogens (tertiary/aromatic N) is 2. The van der Waals surface area contributed by atoms with Crippen LogP contribution >= 0.6 is 0 Å². The summed E-state index contributed by atoms with van der Waals surface area (Å²) in [7, 11) is 0. The number of carbonyl (C=O) groups excluding carboxylic acids is 3. The van der Waals surface area contributed by atoms with Crippen molar-refractivity contribution in [3.8, 4) is 0 Å². The van der Waals surface area contributed by atoms with Crippen molar-refractivity contribution in [2.24, 2.45) is 0 Å². The van der Waals surface area contributed by atoms with Crippen LogP contribution in [-0.2, 0) is 6.54 Å². The zero-order valence-corrected chi connectivity index (χ0v) is 15.2. The summed E-state index contributed by atoms with van der Waals surface area (Å²) in [4.78, 5) is 43.0. The molecule has 6 nitrogen and oxygen atoms in total. The van der Waals surface area contributed by atoms with Crippen molar-refractivity contribution < 1.29 is 14.4 Å². The van der Waals surface area contributed by atoms with E-state index in [2.05, 4.69) is 10.3 Å². The van der Waals surface area contributed by atoms with Gasteiger partial charge in [-0.15, -0.1) is 0 Å². The van der Waals surface area contributed by atoms with Crippen molar-refractivity contribution in [3.63, 3.8) is 0 Å². The minimum absolute atomic E-state index is 0.238. The molecule has 0 bridgehead atoms. The summed E-state index contributed by atoms with van der Waals surface area (Å²) >= 11 is 0. The average molecular weight is 371 g/mol. The molecule has 1 aliphatic rings. The number of imide groups is 1. The number of fused-ring (bicyclic) bond motifs is 1. The summed E-state index contributed by atoms with van der Waals surface area (Å²) in [6, 6.07) is 15.4. The topological polar surface area (TPSA) is 79.4 Å². The molecule has 0 unspecified atom stereocenters. The first-order chi connectivity index (χ1) is 13.5. The van der Waals surface area contributed by atoms with Crippen molar-refractivity contribution in [2.75, 3.05) is 4.90 Å². The third-order valence-corrected chi connectivity index (χ3v) is 4.64. The average Bonchev–Trinajstić information content (AvgIpc) is 2.97. The Labute approximate surface area is 161 Å². The van der Waals surface area contributed by atoms with Crippen molar-refractivity contribution in [2.45, 2.75) is 13.5 Å². The van der Waals surface area contributed by atoms with Gasteiger partial charge in [0, 0.05) is 24.5 Å². The number of rotatable bonds is 4. The van der Waals surface area contributed by atoms with E-state index in [1.54, 1.807) is 30.6 Å². The summed E-state index contributed by atoms with van der Waals surface area (Å²) in [6.45, 7) is 2.28. The Morgan fingerprint density at radius 3 is 2.32 bits per heavy atom. The second-order valence-electron chi connectivity index (χ2n) is 6.58. The molecule has 3 amide bonds. The van der Waals surface area contributed by atoms with Crippen LogP contribution in [0.3, 0.4) is 0 Å². The molecule has 0 radical (unpaired) electrons. The minimum atomic E-state index is -0.423. The smallest absolute Gasteiger partial charge is 0.266 e. The largest absolute Gasteiger partial charge is 0.348 e. The Balaban J connectivity index is 1.56. The van der Waals surface area contributed by atoms with Crippen LogP contribution in [0.15, 0.2) is 67.0 Å². The summed E-state index contributed by atoms with van der Waals surface area (Å²) in [5.41, 5.74) is 3.34. The van der Waals surface area contributed by atoms with Gasteiger partial charge >= 0.3 is 0 Å². The van der Waals surface area contributed by atoms with E-state index >= 15 is 0 Å². The van der Waals surface area contributed by atoms with Crippen LogP contribution < -0.4 is 10.2 Å². The second-order valence-corrected chi connectivity index (χ2v) is 6.58. The second kappa shape index (κ2) is 7.08. The Hall–Kier alpha value is -3.80.